The van der Waals surface area contributed by atoms with Crippen molar-refractivity contribution in [1.82, 2.24) is 10.4 Å². The topological polar surface area (TPSA) is 50.9 Å². The maximum Gasteiger partial charge on any atom is 0.0794 e. The number of nitrogens with zero attached hydrogens (tertiary/aromatic N) is 1. The van der Waals surface area contributed by atoms with Crippen LogP contribution in [0.1, 0.15) is 15.8 Å². The highest BCUT2D eigenvalue weighted by molar-refractivity contribution is 9.10. The average molecular weight is 304 g/mol. The van der Waals surface area contributed by atoms with Crippen LogP contribution in [0.15, 0.2) is 27.6 Å². The number of nitrogens with one attached hydrogen (secondary N) is 1. The van der Waals surface area contributed by atoms with Crippen molar-refractivity contribution < 1.29 is 0 Å². The van der Waals surface area contributed by atoms with E-state index in [1.54, 1.807) is 22.7 Å². The summed E-state index contributed by atoms with van der Waals surface area (Å²) in [7, 11) is 0. The number of thiazole rings is 1. The first-order chi connectivity index (χ1) is 7.29. The van der Waals surface area contributed by atoms with E-state index in [1.165, 1.54) is 9.75 Å². The summed E-state index contributed by atoms with van der Waals surface area (Å²) in [5, 5.41) is 2.08. The van der Waals surface area contributed by atoms with Crippen LogP contribution in [0, 0.1) is 0 Å². The molecule has 2 rings (SSSR count). The van der Waals surface area contributed by atoms with Crippen LogP contribution in [-0.4, -0.2) is 4.98 Å². The highest BCUT2D eigenvalue weighted by Crippen LogP contribution is 2.26. The van der Waals surface area contributed by atoms with Crippen LogP contribution < -0.4 is 11.3 Å². The summed E-state index contributed by atoms with van der Waals surface area (Å²) in [6, 6.07) is 2.28. The van der Waals surface area contributed by atoms with Gasteiger partial charge in [-0.05, 0) is 22.0 Å². The summed E-state index contributed by atoms with van der Waals surface area (Å²) in [5.74, 6) is 5.54. The van der Waals surface area contributed by atoms with Gasteiger partial charge in [0.25, 0.3) is 0 Å². The molecule has 0 fully saturated rings. The van der Waals surface area contributed by atoms with Crippen LogP contribution in [0.3, 0.4) is 0 Å². The van der Waals surface area contributed by atoms with E-state index in [9.17, 15) is 0 Å². The van der Waals surface area contributed by atoms with E-state index in [0.717, 1.165) is 10.9 Å². The van der Waals surface area contributed by atoms with Gasteiger partial charge in [-0.15, -0.1) is 22.7 Å². The van der Waals surface area contributed by atoms with Crippen LogP contribution in [0.25, 0.3) is 0 Å². The molecule has 2 heterocycles. The van der Waals surface area contributed by atoms with Crippen LogP contribution in [0.4, 0.5) is 0 Å². The van der Waals surface area contributed by atoms with E-state index in [4.69, 9.17) is 5.84 Å². The summed E-state index contributed by atoms with van der Waals surface area (Å²) in [4.78, 5) is 6.53. The molecule has 0 aliphatic heterocycles. The third-order valence-corrected chi connectivity index (χ3v) is 4.63. The Kier molecular flexibility index (Phi) is 3.87. The Labute approximate surface area is 104 Å². The van der Waals surface area contributed by atoms with Crippen LogP contribution in [0.2, 0.25) is 0 Å². The van der Waals surface area contributed by atoms with Gasteiger partial charge in [-0.2, -0.15) is 0 Å². The molecule has 0 aliphatic rings. The molecule has 80 valence electrons. The number of rotatable bonds is 4. The van der Waals surface area contributed by atoms with Gasteiger partial charge >= 0.3 is 0 Å². The fourth-order valence-corrected chi connectivity index (χ4v) is 3.48. The molecule has 0 saturated carbocycles. The molecule has 1 atom stereocenters. The van der Waals surface area contributed by atoms with Gasteiger partial charge in [-0.25, -0.2) is 0 Å². The Hall–Kier alpha value is -0.270. The Morgan fingerprint density at radius 3 is 2.93 bits per heavy atom. The molecule has 6 heteroatoms. The van der Waals surface area contributed by atoms with Crippen molar-refractivity contribution in [3.63, 3.8) is 0 Å². The first-order valence-electron chi connectivity index (χ1n) is 4.37. The predicted octanol–water partition coefficient (Wildman–Crippen LogP) is 2.71. The lowest BCUT2D eigenvalue weighted by Gasteiger charge is -2.11. The second kappa shape index (κ2) is 5.18. The zero-order chi connectivity index (χ0) is 10.7. The second-order valence-corrected chi connectivity index (χ2v) is 5.89. The van der Waals surface area contributed by atoms with Gasteiger partial charge in [0.1, 0.15) is 0 Å². The molecule has 0 radical (unpaired) electrons. The van der Waals surface area contributed by atoms with E-state index in [-0.39, 0.29) is 6.04 Å². The minimum Gasteiger partial charge on any atom is -0.271 e. The number of hydrogen-bond acceptors (Lipinski definition) is 5. The monoisotopic (exact) mass is 303 g/mol. The zero-order valence-electron chi connectivity index (χ0n) is 7.81. The van der Waals surface area contributed by atoms with Gasteiger partial charge in [0.15, 0.2) is 0 Å². The van der Waals surface area contributed by atoms with Crippen molar-refractivity contribution in [2.24, 2.45) is 5.84 Å². The van der Waals surface area contributed by atoms with Crippen LogP contribution in [0.5, 0.6) is 0 Å². The lowest BCUT2D eigenvalue weighted by molar-refractivity contribution is 0.563. The van der Waals surface area contributed by atoms with Crippen molar-refractivity contribution in [3.8, 4) is 0 Å². The lowest BCUT2D eigenvalue weighted by atomic mass is 10.2. The number of thiophene rings is 1. The summed E-state index contributed by atoms with van der Waals surface area (Å²) >= 11 is 6.80. The maximum atomic E-state index is 5.54. The minimum atomic E-state index is 0.156. The van der Waals surface area contributed by atoms with Crippen LogP contribution in [-0.2, 0) is 6.42 Å². The molecule has 3 nitrogen and oxygen atoms in total. The van der Waals surface area contributed by atoms with E-state index < -0.39 is 0 Å². The van der Waals surface area contributed by atoms with Gasteiger partial charge in [0.2, 0.25) is 0 Å². The molecule has 1 unspecified atom stereocenters. The van der Waals surface area contributed by atoms with Crippen molar-refractivity contribution in [2.45, 2.75) is 12.5 Å². The van der Waals surface area contributed by atoms with Gasteiger partial charge in [-0.3, -0.25) is 16.3 Å². The number of aromatic nitrogens is 1. The Bertz CT molecular complexity index is 413. The standard InChI is InChI=1S/C9H10BrN3S2/c10-6-1-7(14-4-6)2-8(13-11)9-3-12-5-15-9/h1,3-5,8,13H,2,11H2. The SMILES string of the molecule is NNC(Cc1cc(Br)cs1)c1cncs1. The van der Waals surface area contributed by atoms with Gasteiger partial charge in [0.05, 0.1) is 11.6 Å². The van der Waals surface area contributed by atoms with Crippen molar-refractivity contribution in [1.29, 1.82) is 0 Å². The molecule has 0 spiro atoms. The van der Waals surface area contributed by atoms with Gasteiger partial charge < -0.3 is 0 Å². The molecule has 0 aliphatic carbocycles. The quantitative estimate of drug-likeness (QED) is 0.674. The molecule has 15 heavy (non-hydrogen) atoms. The molecular formula is C9H10BrN3S2. The Morgan fingerprint density at radius 1 is 1.53 bits per heavy atom. The molecule has 0 amide bonds. The highest BCUT2D eigenvalue weighted by atomic mass is 79.9. The summed E-state index contributed by atoms with van der Waals surface area (Å²) in [6.07, 6.45) is 2.76. The lowest BCUT2D eigenvalue weighted by Crippen LogP contribution is -2.28. The average Bonchev–Trinajstić information content (AvgIpc) is 2.85. The van der Waals surface area contributed by atoms with Crippen molar-refractivity contribution in [3.05, 3.63) is 37.4 Å². The van der Waals surface area contributed by atoms with E-state index in [0.29, 0.717) is 0 Å². The molecule has 0 saturated heterocycles. The molecular weight excluding hydrogens is 294 g/mol. The van der Waals surface area contributed by atoms with Gasteiger partial charge in [-0.1, -0.05) is 0 Å². The molecule has 0 bridgehead atoms. The molecule has 3 N–H and O–H groups in total. The molecule has 2 aromatic heterocycles. The minimum absolute atomic E-state index is 0.156. The Balaban J connectivity index is 2.09. The van der Waals surface area contributed by atoms with Gasteiger partial charge in [0, 0.05) is 32.2 Å². The largest absolute Gasteiger partial charge is 0.271 e. The zero-order valence-corrected chi connectivity index (χ0v) is 11.0. The smallest absolute Gasteiger partial charge is 0.0794 e. The van der Waals surface area contributed by atoms with Crippen molar-refractivity contribution in [2.75, 3.05) is 0 Å². The number of halogens is 1. The van der Waals surface area contributed by atoms with E-state index in [2.05, 4.69) is 37.8 Å². The first kappa shape index (κ1) is 11.2. The summed E-state index contributed by atoms with van der Waals surface area (Å²) in [5.41, 5.74) is 4.65. The molecule has 0 aromatic carbocycles. The molecule has 2 aromatic rings. The van der Waals surface area contributed by atoms with E-state index in [1.807, 2.05) is 11.7 Å². The maximum absolute atomic E-state index is 5.54. The first-order valence-corrected chi connectivity index (χ1v) is 6.92. The Morgan fingerprint density at radius 2 is 2.40 bits per heavy atom. The number of nitrogens with two attached hydrogens (primary N) is 1. The number of hydrogen-bond donors (Lipinski definition) is 2. The van der Waals surface area contributed by atoms with E-state index >= 15 is 0 Å². The van der Waals surface area contributed by atoms with Crippen LogP contribution >= 0.6 is 38.6 Å². The number of hydrazine groups is 1. The summed E-state index contributed by atoms with van der Waals surface area (Å²) < 4.78 is 1.13. The fourth-order valence-electron chi connectivity index (χ4n) is 1.30. The third-order valence-electron chi connectivity index (χ3n) is 2.02. The normalized spacial score (nSPS) is 12.9. The third kappa shape index (κ3) is 2.85. The predicted molar refractivity (Wildman–Crippen MR) is 67.9 cm³/mol. The second-order valence-electron chi connectivity index (χ2n) is 3.06. The van der Waals surface area contributed by atoms with Crippen molar-refractivity contribution >= 4 is 38.6 Å². The summed E-state index contributed by atoms with van der Waals surface area (Å²) in [6.45, 7) is 0. The highest BCUT2D eigenvalue weighted by Gasteiger charge is 2.13. The fraction of sp³-hybridized carbons (Fsp3) is 0.222.